The van der Waals surface area contributed by atoms with Crippen LogP contribution in [0.2, 0.25) is 0 Å². The van der Waals surface area contributed by atoms with Crippen LogP contribution in [0, 0.1) is 18.3 Å². The van der Waals surface area contributed by atoms with E-state index in [0.29, 0.717) is 28.1 Å². The molecule has 4 rings (SSSR count). The molecule has 3 aromatic carbocycles. The number of aliphatic hydroxyl groups is 1. The van der Waals surface area contributed by atoms with Crippen LogP contribution in [-0.2, 0) is 18.6 Å². The molecule has 0 amide bonds. The van der Waals surface area contributed by atoms with E-state index in [1.807, 2.05) is 62.4 Å². The number of carbonyl (C=O) groups excluding carboxylic acids is 1. The van der Waals surface area contributed by atoms with Crippen LogP contribution < -0.4 is 0 Å². The van der Waals surface area contributed by atoms with Gasteiger partial charge in [-0.05, 0) is 51.6 Å². The Balaban J connectivity index is 2.04. The number of carbonyl (C=O) groups is 1. The maximum Gasteiger partial charge on any atom is 0.322 e. The van der Waals surface area contributed by atoms with Crippen LogP contribution in [0.3, 0.4) is 0 Å². The summed E-state index contributed by atoms with van der Waals surface area (Å²) in [6.45, 7) is 3.88. The number of terminal acetylenes is 1. The Morgan fingerprint density at radius 3 is 2.44 bits per heavy atom. The lowest BCUT2D eigenvalue weighted by Gasteiger charge is -2.28. The summed E-state index contributed by atoms with van der Waals surface area (Å²) in [6, 6.07) is 21.6. The smallest absolute Gasteiger partial charge is 0.322 e. The van der Waals surface area contributed by atoms with Crippen LogP contribution in [0.15, 0.2) is 72.8 Å². The number of hydrogen-bond donors (Lipinski definition) is 1. The van der Waals surface area contributed by atoms with E-state index in [2.05, 4.69) is 4.74 Å². The van der Waals surface area contributed by atoms with Gasteiger partial charge in [-0.2, -0.15) is 0 Å². The van der Waals surface area contributed by atoms with Crippen molar-refractivity contribution in [1.82, 2.24) is 4.98 Å². The lowest BCUT2D eigenvalue weighted by molar-refractivity contribution is -0.139. The molecule has 3 unspecified atom stereocenters. The summed E-state index contributed by atoms with van der Waals surface area (Å²) in [6.07, 6.45) is 4.92. The van der Waals surface area contributed by atoms with E-state index in [1.165, 1.54) is 19.2 Å². The Bertz CT molecular complexity index is 1560. The fraction of sp³-hybridized carbons (Fsp3) is 0.226. The number of ether oxygens (including phenoxy) is 1. The second kappa shape index (κ2) is 12.4. The van der Waals surface area contributed by atoms with Gasteiger partial charge < -0.3 is 14.4 Å². The standard InChI is InChI=1S/C31H29FNO5P/c1-5-38-28(35)18-27(34)31(39(36)37-4)29-25(21-13-15-22(32)16-14-21)17-26(33-30(29)19(2)3)24-12-8-10-20-9-6-7-11-23(20)24/h1,6-17,19,27,31,34,39H,18H2,2-4H3. The van der Waals surface area contributed by atoms with Gasteiger partial charge in [0.1, 0.15) is 11.9 Å². The topological polar surface area (TPSA) is 85.7 Å². The summed E-state index contributed by atoms with van der Waals surface area (Å²) < 4.78 is 37.1. The maximum absolute atomic E-state index is 13.9. The van der Waals surface area contributed by atoms with Crippen molar-refractivity contribution in [1.29, 1.82) is 0 Å². The fourth-order valence-corrected chi connectivity index (χ4v) is 6.01. The van der Waals surface area contributed by atoms with Crippen LogP contribution in [0.1, 0.15) is 43.1 Å². The number of aromatic nitrogens is 1. The van der Waals surface area contributed by atoms with Crippen molar-refractivity contribution >= 4 is 24.8 Å². The minimum atomic E-state index is -2.96. The molecule has 0 bridgehead atoms. The fourth-order valence-electron chi connectivity index (χ4n) is 4.79. The van der Waals surface area contributed by atoms with Gasteiger partial charge in [-0.1, -0.05) is 74.9 Å². The number of esters is 1. The van der Waals surface area contributed by atoms with Crippen molar-refractivity contribution in [2.45, 2.75) is 37.9 Å². The van der Waals surface area contributed by atoms with E-state index >= 15 is 0 Å². The molecule has 4 aromatic rings. The molecule has 200 valence electrons. The van der Waals surface area contributed by atoms with Crippen molar-refractivity contribution in [2.75, 3.05) is 7.11 Å². The number of rotatable bonds is 9. The maximum atomic E-state index is 13.9. The first kappa shape index (κ1) is 28.2. The quantitative estimate of drug-likeness (QED) is 0.140. The van der Waals surface area contributed by atoms with Crippen LogP contribution in [0.25, 0.3) is 33.2 Å². The third-order valence-corrected chi connectivity index (χ3v) is 8.14. The summed E-state index contributed by atoms with van der Waals surface area (Å²) in [5, 5.41) is 13.2. The molecule has 8 heteroatoms. The summed E-state index contributed by atoms with van der Waals surface area (Å²) >= 11 is 0. The van der Waals surface area contributed by atoms with Gasteiger partial charge >= 0.3 is 5.97 Å². The number of nitrogens with zero attached hydrogens (tertiary/aromatic N) is 1. The van der Waals surface area contributed by atoms with Gasteiger partial charge in [-0.15, -0.1) is 0 Å². The highest BCUT2D eigenvalue weighted by Crippen LogP contribution is 2.51. The molecule has 1 heterocycles. The molecule has 3 atom stereocenters. The zero-order valence-electron chi connectivity index (χ0n) is 21.9. The van der Waals surface area contributed by atoms with Gasteiger partial charge in [0.05, 0.1) is 23.9 Å². The first-order valence-corrected chi connectivity index (χ1v) is 13.8. The largest absolute Gasteiger partial charge is 0.391 e. The Morgan fingerprint density at radius 2 is 1.77 bits per heavy atom. The van der Waals surface area contributed by atoms with E-state index in [0.717, 1.165) is 16.3 Å². The molecule has 0 fully saturated rings. The molecule has 1 aromatic heterocycles. The molecule has 0 spiro atoms. The van der Waals surface area contributed by atoms with Crippen molar-refractivity contribution in [3.63, 3.8) is 0 Å². The Hall–Kier alpha value is -3.82. The number of hydrogen-bond acceptors (Lipinski definition) is 6. The lowest BCUT2D eigenvalue weighted by Crippen LogP contribution is -2.23. The van der Waals surface area contributed by atoms with E-state index < -0.39 is 38.0 Å². The van der Waals surface area contributed by atoms with Crippen LogP contribution in [-0.4, -0.2) is 29.3 Å². The summed E-state index contributed by atoms with van der Waals surface area (Å²) in [5.74, 6) is -1.42. The second-order valence-corrected chi connectivity index (χ2v) is 11.1. The van der Waals surface area contributed by atoms with E-state index in [9.17, 15) is 18.9 Å². The van der Waals surface area contributed by atoms with Crippen molar-refractivity contribution in [2.24, 2.45) is 0 Å². The van der Waals surface area contributed by atoms with Crippen LogP contribution in [0.5, 0.6) is 0 Å². The number of halogens is 1. The third-order valence-electron chi connectivity index (χ3n) is 6.56. The number of pyridine rings is 1. The van der Waals surface area contributed by atoms with Gasteiger partial charge in [0.2, 0.25) is 8.03 Å². The molecule has 39 heavy (non-hydrogen) atoms. The normalized spacial score (nSPS) is 13.6. The Labute approximate surface area is 227 Å². The van der Waals surface area contributed by atoms with Crippen LogP contribution >= 0.6 is 8.03 Å². The molecule has 0 aliphatic carbocycles. The SMILES string of the molecule is C#COC(=O)CC(O)C(c1c(-c2ccc(F)cc2)cc(-c2cccc3ccccc23)nc1C(C)C)[PH](=O)OC. The molecule has 0 saturated heterocycles. The van der Waals surface area contributed by atoms with Crippen LogP contribution in [0.4, 0.5) is 4.39 Å². The highest BCUT2D eigenvalue weighted by molar-refractivity contribution is 7.39. The third kappa shape index (κ3) is 6.10. The first-order valence-electron chi connectivity index (χ1n) is 12.4. The zero-order chi connectivity index (χ0) is 28.1. The molecule has 0 saturated carbocycles. The average Bonchev–Trinajstić information content (AvgIpc) is 2.93. The highest BCUT2D eigenvalue weighted by Gasteiger charge is 2.35. The molecule has 0 radical (unpaired) electrons. The molecule has 1 N–H and O–H groups in total. The van der Waals surface area contributed by atoms with Gasteiger partial charge in [0.25, 0.3) is 0 Å². The van der Waals surface area contributed by atoms with Gasteiger partial charge in [0.15, 0.2) is 0 Å². The van der Waals surface area contributed by atoms with E-state index in [4.69, 9.17) is 15.9 Å². The molecular weight excluding hydrogens is 516 g/mol. The molecule has 6 nitrogen and oxygen atoms in total. The summed E-state index contributed by atoms with van der Waals surface area (Å²) in [4.78, 5) is 17.2. The van der Waals surface area contributed by atoms with Crippen molar-refractivity contribution in [3.05, 3.63) is 89.9 Å². The van der Waals surface area contributed by atoms with Crippen molar-refractivity contribution < 1.29 is 28.1 Å². The minimum Gasteiger partial charge on any atom is -0.391 e. The van der Waals surface area contributed by atoms with E-state index in [-0.39, 0.29) is 5.92 Å². The second-order valence-electron chi connectivity index (χ2n) is 9.41. The Kier molecular flexibility index (Phi) is 8.93. The Morgan fingerprint density at radius 1 is 1.08 bits per heavy atom. The number of benzene rings is 3. The number of aliphatic hydroxyl groups excluding tert-OH is 1. The van der Waals surface area contributed by atoms with Crippen molar-refractivity contribution in [3.8, 4) is 34.9 Å². The zero-order valence-corrected chi connectivity index (χ0v) is 22.9. The summed E-state index contributed by atoms with van der Waals surface area (Å²) in [5.41, 5.74) is 2.70. The predicted molar refractivity (Wildman–Crippen MR) is 151 cm³/mol. The molecular formula is C31H29FNO5P. The van der Waals surface area contributed by atoms with Gasteiger partial charge in [0, 0.05) is 18.4 Å². The lowest BCUT2D eigenvalue weighted by atomic mass is 9.88. The van der Waals surface area contributed by atoms with Gasteiger partial charge in [-0.3, -0.25) is 14.3 Å². The molecule has 0 aliphatic heterocycles. The van der Waals surface area contributed by atoms with E-state index in [1.54, 1.807) is 18.2 Å². The monoisotopic (exact) mass is 545 g/mol. The predicted octanol–water partition coefficient (Wildman–Crippen LogP) is 6.88. The molecule has 0 aliphatic rings. The average molecular weight is 546 g/mol. The highest BCUT2D eigenvalue weighted by atomic mass is 31.1. The first-order chi connectivity index (χ1) is 18.7. The van der Waals surface area contributed by atoms with Gasteiger partial charge in [-0.25, -0.2) is 4.39 Å². The minimum absolute atomic E-state index is 0.173. The number of fused-ring (bicyclic) bond motifs is 1. The summed E-state index contributed by atoms with van der Waals surface area (Å²) in [7, 11) is -1.67.